The lowest BCUT2D eigenvalue weighted by molar-refractivity contribution is -0.131. The maximum atomic E-state index is 12.0. The van der Waals surface area contributed by atoms with Crippen LogP contribution in [0.5, 0.6) is 0 Å². The molecule has 0 radical (unpaired) electrons. The fourth-order valence-corrected chi connectivity index (χ4v) is 2.20. The number of amides is 1. The van der Waals surface area contributed by atoms with Crippen LogP contribution in [0.1, 0.15) is 24.8 Å². The molecule has 1 amide bonds. The molecule has 4 heteroatoms. The molecule has 18 heavy (non-hydrogen) atoms. The molecule has 94 valence electrons. The van der Waals surface area contributed by atoms with Crippen molar-refractivity contribution in [2.75, 3.05) is 6.54 Å². The minimum Gasteiger partial charge on any atom is -0.326 e. The van der Waals surface area contributed by atoms with Gasteiger partial charge in [0.05, 0.1) is 6.07 Å². The third-order valence-electron chi connectivity index (χ3n) is 3.12. The lowest BCUT2D eigenvalue weighted by atomic mass is 10.1. The Morgan fingerprint density at radius 3 is 2.78 bits per heavy atom. The van der Waals surface area contributed by atoms with Gasteiger partial charge in [-0.3, -0.25) is 4.79 Å². The van der Waals surface area contributed by atoms with Crippen molar-refractivity contribution in [1.82, 2.24) is 4.90 Å². The first kappa shape index (κ1) is 12.9. The summed E-state index contributed by atoms with van der Waals surface area (Å²) >= 11 is 6.05. The standard InChI is InChI=1S/C14H15ClN2O/c15-13-4-2-1-3-11(13)5-8-14(18)17(10-9-16)12-6-7-12/h1-4,12H,5-8,10H2. The van der Waals surface area contributed by atoms with Crippen LogP contribution >= 0.6 is 11.6 Å². The number of carbonyl (C=O) groups excluding carboxylic acids is 1. The number of carbonyl (C=O) groups is 1. The van der Waals surface area contributed by atoms with E-state index >= 15 is 0 Å². The van der Waals surface area contributed by atoms with Crippen LogP contribution in [0.3, 0.4) is 0 Å². The maximum Gasteiger partial charge on any atom is 0.224 e. The Bertz CT molecular complexity index is 477. The number of rotatable bonds is 5. The molecule has 0 N–H and O–H groups in total. The van der Waals surface area contributed by atoms with E-state index in [4.69, 9.17) is 16.9 Å². The van der Waals surface area contributed by atoms with E-state index in [2.05, 4.69) is 6.07 Å². The van der Waals surface area contributed by atoms with Gasteiger partial charge < -0.3 is 4.90 Å². The fourth-order valence-electron chi connectivity index (χ4n) is 1.97. The second-order valence-electron chi connectivity index (χ2n) is 4.50. The molecule has 0 saturated heterocycles. The van der Waals surface area contributed by atoms with Gasteiger partial charge in [-0.25, -0.2) is 0 Å². The number of hydrogen-bond donors (Lipinski definition) is 0. The Morgan fingerprint density at radius 2 is 2.17 bits per heavy atom. The summed E-state index contributed by atoms with van der Waals surface area (Å²) in [4.78, 5) is 13.7. The van der Waals surface area contributed by atoms with E-state index in [1.54, 1.807) is 4.90 Å². The quantitative estimate of drug-likeness (QED) is 0.766. The first-order chi connectivity index (χ1) is 8.72. The van der Waals surface area contributed by atoms with Crippen molar-refractivity contribution in [2.24, 2.45) is 0 Å². The van der Waals surface area contributed by atoms with E-state index in [1.807, 2.05) is 24.3 Å². The number of benzene rings is 1. The third-order valence-corrected chi connectivity index (χ3v) is 3.48. The monoisotopic (exact) mass is 262 g/mol. The Labute approximate surface area is 112 Å². The van der Waals surface area contributed by atoms with Crippen LogP contribution in [-0.4, -0.2) is 23.4 Å². The van der Waals surface area contributed by atoms with E-state index < -0.39 is 0 Å². The molecule has 2 rings (SSSR count). The zero-order valence-electron chi connectivity index (χ0n) is 10.1. The molecule has 0 atom stereocenters. The smallest absolute Gasteiger partial charge is 0.224 e. The number of hydrogen-bond acceptors (Lipinski definition) is 2. The van der Waals surface area contributed by atoms with E-state index in [0.29, 0.717) is 23.9 Å². The van der Waals surface area contributed by atoms with Gasteiger partial charge in [-0.05, 0) is 30.9 Å². The second kappa shape index (κ2) is 5.88. The predicted octanol–water partition coefficient (Wildman–Crippen LogP) is 2.79. The van der Waals surface area contributed by atoms with Crippen LogP contribution in [0.15, 0.2) is 24.3 Å². The van der Waals surface area contributed by atoms with Gasteiger partial charge in [0.25, 0.3) is 0 Å². The lowest BCUT2D eigenvalue weighted by Crippen LogP contribution is -2.33. The summed E-state index contributed by atoms with van der Waals surface area (Å²) in [5.74, 6) is 0.0546. The summed E-state index contributed by atoms with van der Waals surface area (Å²) in [6, 6.07) is 9.91. The highest BCUT2D eigenvalue weighted by molar-refractivity contribution is 6.31. The molecule has 0 bridgehead atoms. The first-order valence-corrected chi connectivity index (χ1v) is 6.50. The van der Waals surface area contributed by atoms with E-state index in [1.165, 1.54) is 0 Å². The highest BCUT2D eigenvalue weighted by Crippen LogP contribution is 2.27. The van der Waals surface area contributed by atoms with Gasteiger partial charge in [-0.15, -0.1) is 0 Å². The minimum absolute atomic E-state index is 0.0546. The molecular formula is C14H15ClN2O. The van der Waals surface area contributed by atoms with Gasteiger partial charge in [-0.2, -0.15) is 5.26 Å². The summed E-state index contributed by atoms with van der Waals surface area (Å²) in [6.45, 7) is 0.200. The first-order valence-electron chi connectivity index (χ1n) is 6.12. The average Bonchev–Trinajstić information content (AvgIpc) is 3.19. The van der Waals surface area contributed by atoms with Crippen LogP contribution in [-0.2, 0) is 11.2 Å². The number of nitrogens with zero attached hydrogens (tertiary/aromatic N) is 2. The summed E-state index contributed by atoms with van der Waals surface area (Å²) < 4.78 is 0. The Hall–Kier alpha value is -1.53. The van der Waals surface area contributed by atoms with E-state index in [0.717, 1.165) is 18.4 Å². The molecule has 0 spiro atoms. The van der Waals surface area contributed by atoms with Gasteiger partial charge in [0, 0.05) is 17.5 Å². The average molecular weight is 263 g/mol. The normalized spacial score (nSPS) is 14.0. The predicted molar refractivity (Wildman–Crippen MR) is 70.1 cm³/mol. The van der Waals surface area contributed by atoms with Gasteiger partial charge in [0.1, 0.15) is 6.54 Å². The van der Waals surface area contributed by atoms with Crippen molar-refractivity contribution in [2.45, 2.75) is 31.7 Å². The van der Waals surface area contributed by atoms with E-state index in [9.17, 15) is 4.79 Å². The Balaban J connectivity index is 1.91. The number of halogens is 1. The Morgan fingerprint density at radius 1 is 1.44 bits per heavy atom. The van der Waals surface area contributed by atoms with Crippen molar-refractivity contribution in [3.8, 4) is 6.07 Å². The van der Waals surface area contributed by atoms with Crippen LogP contribution in [0.2, 0.25) is 5.02 Å². The SMILES string of the molecule is N#CCN(C(=O)CCc1ccccc1Cl)C1CC1. The zero-order chi connectivity index (χ0) is 13.0. The molecule has 0 unspecified atom stereocenters. The molecule has 0 aromatic heterocycles. The van der Waals surface area contributed by atoms with Gasteiger partial charge in [0.15, 0.2) is 0 Å². The molecular weight excluding hydrogens is 248 g/mol. The molecule has 0 heterocycles. The molecule has 1 aliphatic carbocycles. The molecule has 0 aliphatic heterocycles. The summed E-state index contributed by atoms with van der Waals surface area (Å²) in [5.41, 5.74) is 0.986. The summed E-state index contributed by atoms with van der Waals surface area (Å²) in [5, 5.41) is 9.42. The highest BCUT2D eigenvalue weighted by Gasteiger charge is 2.31. The van der Waals surface area contributed by atoms with Crippen molar-refractivity contribution < 1.29 is 4.79 Å². The second-order valence-corrected chi connectivity index (χ2v) is 4.91. The molecule has 1 saturated carbocycles. The summed E-state index contributed by atoms with van der Waals surface area (Å²) in [7, 11) is 0. The molecule has 3 nitrogen and oxygen atoms in total. The van der Waals surface area contributed by atoms with Gasteiger partial charge in [0.2, 0.25) is 5.91 Å². The highest BCUT2D eigenvalue weighted by atomic mass is 35.5. The topological polar surface area (TPSA) is 44.1 Å². The van der Waals surface area contributed by atoms with Crippen molar-refractivity contribution in [1.29, 1.82) is 5.26 Å². The fraction of sp³-hybridized carbons (Fsp3) is 0.429. The Kier molecular flexibility index (Phi) is 4.22. The van der Waals surface area contributed by atoms with Crippen LogP contribution in [0, 0.1) is 11.3 Å². The van der Waals surface area contributed by atoms with Crippen molar-refractivity contribution in [3.05, 3.63) is 34.9 Å². The number of nitriles is 1. The van der Waals surface area contributed by atoms with Crippen molar-refractivity contribution in [3.63, 3.8) is 0 Å². The molecule has 1 aliphatic rings. The maximum absolute atomic E-state index is 12.0. The minimum atomic E-state index is 0.0546. The van der Waals surface area contributed by atoms with E-state index in [-0.39, 0.29) is 12.5 Å². The largest absolute Gasteiger partial charge is 0.326 e. The van der Waals surface area contributed by atoms with Crippen molar-refractivity contribution >= 4 is 17.5 Å². The van der Waals surface area contributed by atoms with Crippen LogP contribution < -0.4 is 0 Å². The zero-order valence-corrected chi connectivity index (χ0v) is 10.9. The lowest BCUT2D eigenvalue weighted by Gasteiger charge is -2.18. The summed E-state index contributed by atoms with van der Waals surface area (Å²) in [6.07, 6.45) is 3.11. The van der Waals surface area contributed by atoms with Gasteiger partial charge >= 0.3 is 0 Å². The molecule has 1 fully saturated rings. The third kappa shape index (κ3) is 3.24. The molecule has 1 aromatic carbocycles. The van der Waals surface area contributed by atoms with Crippen LogP contribution in [0.4, 0.5) is 0 Å². The van der Waals surface area contributed by atoms with Crippen LogP contribution in [0.25, 0.3) is 0 Å². The van der Waals surface area contributed by atoms with Gasteiger partial charge in [-0.1, -0.05) is 29.8 Å². The number of aryl methyl sites for hydroxylation is 1. The molecule has 1 aromatic rings.